The van der Waals surface area contributed by atoms with E-state index in [0.29, 0.717) is 11.1 Å². The first-order chi connectivity index (χ1) is 9.52. The Hall–Kier alpha value is -1.26. The zero-order valence-corrected chi connectivity index (χ0v) is 12.7. The third-order valence-electron chi connectivity index (χ3n) is 3.99. The lowest BCUT2D eigenvalue weighted by atomic mass is 10.1. The number of carboxylic acids is 1. The van der Waals surface area contributed by atoms with E-state index >= 15 is 0 Å². The number of halogens is 1. The lowest BCUT2D eigenvalue weighted by molar-refractivity contribution is 0.0697. The first-order valence-corrected chi connectivity index (χ1v) is 7.38. The van der Waals surface area contributed by atoms with Crippen LogP contribution < -0.4 is 4.90 Å². The largest absolute Gasteiger partial charge is 0.478 e. The highest BCUT2D eigenvalue weighted by atomic mass is 35.5. The highest BCUT2D eigenvalue weighted by Gasteiger charge is 2.25. The molecule has 1 heterocycles. The molecule has 1 unspecified atom stereocenters. The van der Waals surface area contributed by atoms with Crippen molar-refractivity contribution in [3.63, 3.8) is 0 Å². The average Bonchev–Trinajstić information content (AvgIpc) is 2.85. The predicted octanol–water partition coefficient (Wildman–Crippen LogP) is 2.96. The summed E-state index contributed by atoms with van der Waals surface area (Å²) in [6.45, 7) is 5.20. The van der Waals surface area contributed by atoms with Crippen LogP contribution in [0.2, 0.25) is 5.02 Å². The van der Waals surface area contributed by atoms with Gasteiger partial charge in [-0.3, -0.25) is 4.90 Å². The lowest BCUT2D eigenvalue weighted by Crippen LogP contribution is -2.39. The first-order valence-electron chi connectivity index (χ1n) is 7.01. The zero-order valence-electron chi connectivity index (χ0n) is 12.0. The number of anilines is 1. The Morgan fingerprint density at radius 1 is 1.55 bits per heavy atom. The van der Waals surface area contributed by atoms with E-state index in [0.717, 1.165) is 25.3 Å². The molecule has 4 nitrogen and oxygen atoms in total. The highest BCUT2D eigenvalue weighted by Crippen LogP contribution is 2.26. The summed E-state index contributed by atoms with van der Waals surface area (Å²) in [5.41, 5.74) is 0.992. The van der Waals surface area contributed by atoms with Gasteiger partial charge in [0.2, 0.25) is 0 Å². The van der Waals surface area contributed by atoms with Crippen LogP contribution in [0.15, 0.2) is 18.2 Å². The molecule has 0 aliphatic carbocycles. The topological polar surface area (TPSA) is 43.8 Å². The average molecular weight is 297 g/mol. The van der Waals surface area contributed by atoms with Crippen molar-refractivity contribution >= 4 is 23.3 Å². The monoisotopic (exact) mass is 296 g/mol. The van der Waals surface area contributed by atoms with Gasteiger partial charge >= 0.3 is 5.97 Å². The third kappa shape index (κ3) is 3.25. The van der Waals surface area contributed by atoms with Crippen molar-refractivity contribution in [3.05, 3.63) is 28.8 Å². The van der Waals surface area contributed by atoms with Gasteiger partial charge in [-0.25, -0.2) is 4.79 Å². The van der Waals surface area contributed by atoms with Gasteiger partial charge in [0, 0.05) is 24.7 Å². The van der Waals surface area contributed by atoms with Crippen LogP contribution in [-0.2, 0) is 0 Å². The van der Waals surface area contributed by atoms with Gasteiger partial charge in [0.15, 0.2) is 0 Å². The standard InChI is InChI=1S/C15H21ClN2O2/c1-3-18-8-4-5-12(18)10-17(2)14-7-6-11(16)9-13(14)15(19)20/h6-7,9,12H,3-5,8,10H2,1-2H3,(H,19,20). The summed E-state index contributed by atoms with van der Waals surface area (Å²) in [5.74, 6) is -0.937. The molecular weight excluding hydrogens is 276 g/mol. The van der Waals surface area contributed by atoms with E-state index in [2.05, 4.69) is 11.8 Å². The minimum absolute atomic E-state index is 0.265. The maximum absolute atomic E-state index is 11.3. The molecule has 1 fully saturated rings. The second-order valence-electron chi connectivity index (χ2n) is 5.27. The summed E-state index contributed by atoms with van der Waals surface area (Å²) in [6, 6.07) is 5.55. The normalized spacial score (nSPS) is 19.2. The molecule has 110 valence electrons. The summed E-state index contributed by atoms with van der Waals surface area (Å²) in [5, 5.41) is 9.76. The second kappa shape index (κ2) is 6.46. The maximum atomic E-state index is 11.3. The number of nitrogens with zero attached hydrogens (tertiary/aromatic N) is 2. The molecule has 1 aliphatic rings. The van der Waals surface area contributed by atoms with Crippen LogP contribution in [0.4, 0.5) is 5.69 Å². The lowest BCUT2D eigenvalue weighted by Gasteiger charge is -2.29. The van der Waals surface area contributed by atoms with E-state index in [9.17, 15) is 9.90 Å². The number of hydrogen-bond donors (Lipinski definition) is 1. The van der Waals surface area contributed by atoms with E-state index < -0.39 is 5.97 Å². The third-order valence-corrected chi connectivity index (χ3v) is 4.23. The van der Waals surface area contributed by atoms with Crippen LogP contribution in [-0.4, -0.2) is 48.7 Å². The maximum Gasteiger partial charge on any atom is 0.337 e. The van der Waals surface area contributed by atoms with E-state index in [1.165, 1.54) is 18.9 Å². The predicted molar refractivity (Wildman–Crippen MR) is 82.0 cm³/mol. The van der Waals surface area contributed by atoms with Gasteiger partial charge < -0.3 is 10.0 Å². The van der Waals surface area contributed by atoms with Gasteiger partial charge in [-0.15, -0.1) is 0 Å². The number of benzene rings is 1. The summed E-state index contributed by atoms with van der Waals surface area (Å²) in [6.07, 6.45) is 2.40. The van der Waals surface area contributed by atoms with Crippen molar-refractivity contribution < 1.29 is 9.90 Å². The number of likely N-dealkylation sites (tertiary alicyclic amines) is 1. The minimum Gasteiger partial charge on any atom is -0.478 e. The molecule has 20 heavy (non-hydrogen) atoms. The van der Waals surface area contributed by atoms with Crippen molar-refractivity contribution in [3.8, 4) is 0 Å². The molecule has 1 atom stereocenters. The fourth-order valence-electron chi connectivity index (χ4n) is 2.95. The Labute approximate surface area is 124 Å². The van der Waals surface area contributed by atoms with Crippen molar-refractivity contribution in [1.29, 1.82) is 0 Å². The van der Waals surface area contributed by atoms with Crippen LogP contribution in [0, 0.1) is 0 Å². The van der Waals surface area contributed by atoms with Gasteiger partial charge in [-0.2, -0.15) is 0 Å². The second-order valence-corrected chi connectivity index (χ2v) is 5.71. The summed E-state index contributed by atoms with van der Waals surface area (Å²) >= 11 is 5.89. The van der Waals surface area contributed by atoms with E-state index in [-0.39, 0.29) is 5.56 Å². The fraction of sp³-hybridized carbons (Fsp3) is 0.533. The number of likely N-dealkylation sites (N-methyl/N-ethyl adjacent to an activating group) is 2. The summed E-state index contributed by atoms with van der Waals surface area (Å²) < 4.78 is 0. The number of carboxylic acid groups (broad SMARTS) is 1. The molecule has 1 aliphatic heterocycles. The van der Waals surface area contributed by atoms with Crippen LogP contribution in [0.25, 0.3) is 0 Å². The summed E-state index contributed by atoms with van der Waals surface area (Å²) in [4.78, 5) is 15.8. The Morgan fingerprint density at radius 3 is 2.95 bits per heavy atom. The van der Waals surface area contributed by atoms with Crippen LogP contribution >= 0.6 is 11.6 Å². The van der Waals surface area contributed by atoms with E-state index in [1.54, 1.807) is 12.1 Å². The molecular formula is C15H21ClN2O2. The number of carbonyl (C=O) groups is 1. The Kier molecular flexibility index (Phi) is 4.89. The Bertz CT molecular complexity index is 493. The molecule has 0 spiro atoms. The fourth-order valence-corrected chi connectivity index (χ4v) is 3.12. The SMILES string of the molecule is CCN1CCCC1CN(C)c1ccc(Cl)cc1C(=O)O. The van der Waals surface area contributed by atoms with Crippen LogP contribution in [0.3, 0.4) is 0 Å². The molecule has 1 N–H and O–H groups in total. The molecule has 0 bridgehead atoms. The van der Waals surface area contributed by atoms with E-state index in [1.807, 2.05) is 11.9 Å². The molecule has 0 amide bonds. The van der Waals surface area contributed by atoms with Crippen LogP contribution in [0.1, 0.15) is 30.1 Å². The highest BCUT2D eigenvalue weighted by molar-refractivity contribution is 6.31. The number of rotatable bonds is 5. The molecule has 1 aromatic carbocycles. The van der Waals surface area contributed by atoms with Gasteiger partial charge in [0.1, 0.15) is 0 Å². The molecule has 0 saturated carbocycles. The molecule has 5 heteroatoms. The van der Waals surface area contributed by atoms with Crippen molar-refractivity contribution in [2.75, 3.05) is 31.6 Å². The van der Waals surface area contributed by atoms with Crippen molar-refractivity contribution in [2.45, 2.75) is 25.8 Å². The van der Waals surface area contributed by atoms with Gasteiger partial charge in [-0.1, -0.05) is 18.5 Å². The number of hydrogen-bond acceptors (Lipinski definition) is 3. The van der Waals surface area contributed by atoms with E-state index in [4.69, 9.17) is 11.6 Å². The Morgan fingerprint density at radius 2 is 2.30 bits per heavy atom. The van der Waals surface area contributed by atoms with Crippen molar-refractivity contribution in [2.24, 2.45) is 0 Å². The minimum atomic E-state index is -0.937. The molecule has 1 saturated heterocycles. The van der Waals surface area contributed by atoms with Gasteiger partial charge in [0.25, 0.3) is 0 Å². The quantitative estimate of drug-likeness (QED) is 0.907. The number of aromatic carboxylic acids is 1. The summed E-state index contributed by atoms with van der Waals surface area (Å²) in [7, 11) is 1.95. The Balaban J connectivity index is 2.16. The molecule has 0 radical (unpaired) electrons. The first kappa shape index (κ1) is 15.1. The van der Waals surface area contributed by atoms with Crippen molar-refractivity contribution in [1.82, 2.24) is 4.90 Å². The molecule has 2 rings (SSSR count). The smallest absolute Gasteiger partial charge is 0.337 e. The molecule has 0 aromatic heterocycles. The van der Waals surface area contributed by atoms with Crippen LogP contribution in [0.5, 0.6) is 0 Å². The molecule has 1 aromatic rings. The van der Waals surface area contributed by atoms with Gasteiger partial charge in [0.05, 0.1) is 11.3 Å². The zero-order chi connectivity index (χ0) is 14.7. The van der Waals surface area contributed by atoms with Gasteiger partial charge in [-0.05, 0) is 44.1 Å².